The van der Waals surface area contributed by atoms with Crippen LogP contribution in [0, 0.1) is 5.92 Å². The summed E-state index contributed by atoms with van der Waals surface area (Å²) in [4.78, 5) is 3.77. The third kappa shape index (κ3) is 4.78. The molecule has 0 radical (unpaired) electrons. The van der Waals surface area contributed by atoms with Crippen molar-refractivity contribution in [2.75, 3.05) is 11.3 Å². The van der Waals surface area contributed by atoms with Crippen molar-refractivity contribution in [1.82, 2.24) is 9.71 Å². The summed E-state index contributed by atoms with van der Waals surface area (Å²) in [6.45, 7) is 4.23. The summed E-state index contributed by atoms with van der Waals surface area (Å²) in [5, 5.41) is 0.318. The van der Waals surface area contributed by atoms with Crippen LogP contribution < -0.4 is 9.44 Å². The summed E-state index contributed by atoms with van der Waals surface area (Å²) >= 11 is 5.58. The van der Waals surface area contributed by atoms with Crippen molar-refractivity contribution in [2.24, 2.45) is 5.92 Å². The number of halogens is 1. The van der Waals surface area contributed by atoms with Crippen LogP contribution in [0.15, 0.2) is 18.3 Å². The molecule has 2 N–H and O–H groups in total. The van der Waals surface area contributed by atoms with Gasteiger partial charge < -0.3 is 0 Å². The van der Waals surface area contributed by atoms with Gasteiger partial charge in [0.25, 0.3) is 10.2 Å². The fraction of sp³-hybridized carbons (Fsp3) is 0.444. The molecule has 0 atom stereocenters. The minimum atomic E-state index is -3.53. The topological polar surface area (TPSA) is 71.1 Å². The smallest absolute Gasteiger partial charge is 0.270 e. The van der Waals surface area contributed by atoms with Gasteiger partial charge >= 0.3 is 0 Å². The Bertz CT molecular complexity index is 431. The average molecular weight is 264 g/mol. The van der Waals surface area contributed by atoms with Gasteiger partial charge in [0.1, 0.15) is 5.15 Å². The van der Waals surface area contributed by atoms with E-state index in [0.29, 0.717) is 17.4 Å². The van der Waals surface area contributed by atoms with E-state index in [0.717, 1.165) is 0 Å². The second kappa shape index (κ2) is 5.47. The minimum absolute atomic E-state index is 0.250. The van der Waals surface area contributed by atoms with Crippen molar-refractivity contribution in [3.63, 3.8) is 0 Å². The van der Waals surface area contributed by atoms with Crippen LogP contribution in [-0.2, 0) is 10.2 Å². The molecule has 0 saturated carbocycles. The first-order valence-corrected chi connectivity index (χ1v) is 6.64. The summed E-state index contributed by atoms with van der Waals surface area (Å²) in [5.41, 5.74) is 0.376. The molecular weight excluding hydrogens is 250 g/mol. The van der Waals surface area contributed by atoms with E-state index in [1.807, 2.05) is 13.8 Å². The van der Waals surface area contributed by atoms with E-state index in [2.05, 4.69) is 14.4 Å². The number of hydrogen-bond acceptors (Lipinski definition) is 3. The van der Waals surface area contributed by atoms with Crippen molar-refractivity contribution in [3.05, 3.63) is 23.5 Å². The molecule has 0 unspecified atom stereocenters. The average Bonchev–Trinajstić information content (AvgIpc) is 2.19. The normalized spacial score (nSPS) is 11.8. The fourth-order valence-electron chi connectivity index (χ4n) is 0.904. The Morgan fingerprint density at radius 1 is 1.44 bits per heavy atom. The van der Waals surface area contributed by atoms with Crippen molar-refractivity contribution in [3.8, 4) is 0 Å². The number of rotatable bonds is 5. The van der Waals surface area contributed by atoms with Gasteiger partial charge in [0.05, 0.1) is 11.9 Å². The first kappa shape index (κ1) is 13.2. The van der Waals surface area contributed by atoms with Gasteiger partial charge in [-0.25, -0.2) is 4.98 Å². The molecule has 90 valence electrons. The second-order valence-electron chi connectivity index (χ2n) is 3.72. The van der Waals surface area contributed by atoms with Crippen molar-refractivity contribution in [2.45, 2.75) is 13.8 Å². The lowest BCUT2D eigenvalue weighted by Crippen LogP contribution is -2.32. The van der Waals surface area contributed by atoms with Crippen LogP contribution >= 0.6 is 11.6 Å². The zero-order valence-electron chi connectivity index (χ0n) is 9.07. The molecule has 0 aliphatic heterocycles. The largest absolute Gasteiger partial charge is 0.299 e. The zero-order valence-corrected chi connectivity index (χ0v) is 10.6. The molecule has 0 fully saturated rings. The molecule has 0 aliphatic rings. The lowest BCUT2D eigenvalue weighted by Gasteiger charge is -2.10. The molecular formula is C9H14ClN3O2S. The van der Waals surface area contributed by atoms with E-state index in [-0.39, 0.29) is 5.92 Å². The van der Waals surface area contributed by atoms with Gasteiger partial charge in [-0.15, -0.1) is 0 Å². The lowest BCUT2D eigenvalue weighted by atomic mass is 10.2. The van der Waals surface area contributed by atoms with Crippen LogP contribution in [0.4, 0.5) is 5.69 Å². The molecule has 1 aromatic heterocycles. The van der Waals surface area contributed by atoms with Crippen LogP contribution in [-0.4, -0.2) is 19.9 Å². The van der Waals surface area contributed by atoms with E-state index in [9.17, 15) is 8.42 Å². The van der Waals surface area contributed by atoms with Crippen LogP contribution in [0.5, 0.6) is 0 Å². The first-order valence-electron chi connectivity index (χ1n) is 4.78. The summed E-state index contributed by atoms with van der Waals surface area (Å²) in [7, 11) is -3.53. The Kier molecular flexibility index (Phi) is 4.52. The van der Waals surface area contributed by atoms with Gasteiger partial charge in [0.2, 0.25) is 0 Å². The molecule has 7 heteroatoms. The molecule has 1 heterocycles. The Hall–Kier alpha value is -0.850. The predicted molar refractivity (Wildman–Crippen MR) is 64.6 cm³/mol. The third-order valence-electron chi connectivity index (χ3n) is 1.66. The molecule has 16 heavy (non-hydrogen) atoms. The van der Waals surface area contributed by atoms with Crippen LogP contribution in [0.1, 0.15) is 13.8 Å². The van der Waals surface area contributed by atoms with Crippen LogP contribution in [0.25, 0.3) is 0 Å². The number of hydrogen-bond donors (Lipinski definition) is 2. The molecule has 5 nitrogen and oxygen atoms in total. The summed E-state index contributed by atoms with van der Waals surface area (Å²) in [5.74, 6) is 0.250. The first-order chi connectivity index (χ1) is 7.39. The highest BCUT2D eigenvalue weighted by Crippen LogP contribution is 2.10. The van der Waals surface area contributed by atoms with E-state index in [4.69, 9.17) is 11.6 Å². The summed E-state index contributed by atoms with van der Waals surface area (Å²) in [6.07, 6.45) is 1.36. The summed E-state index contributed by atoms with van der Waals surface area (Å²) < 4.78 is 27.8. The van der Waals surface area contributed by atoms with Gasteiger partial charge in [-0.1, -0.05) is 25.4 Å². The number of nitrogens with one attached hydrogen (secondary N) is 2. The highest BCUT2D eigenvalue weighted by molar-refractivity contribution is 7.90. The number of aromatic nitrogens is 1. The third-order valence-corrected chi connectivity index (χ3v) is 2.94. The quantitative estimate of drug-likeness (QED) is 0.794. The molecule has 0 amide bonds. The monoisotopic (exact) mass is 263 g/mol. The van der Waals surface area contributed by atoms with Crippen molar-refractivity contribution in [1.29, 1.82) is 0 Å². The minimum Gasteiger partial charge on any atom is -0.270 e. The van der Waals surface area contributed by atoms with Gasteiger partial charge in [-0.2, -0.15) is 13.1 Å². The molecule has 0 bridgehead atoms. The van der Waals surface area contributed by atoms with Crippen molar-refractivity contribution < 1.29 is 8.42 Å². The Labute approximate surface area is 100 Å². The van der Waals surface area contributed by atoms with Gasteiger partial charge in [0.15, 0.2) is 0 Å². The van der Waals surface area contributed by atoms with Crippen LogP contribution in [0.2, 0.25) is 5.15 Å². The lowest BCUT2D eigenvalue weighted by molar-refractivity contribution is 0.565. The van der Waals surface area contributed by atoms with E-state index >= 15 is 0 Å². The molecule has 1 aromatic rings. The Balaban J connectivity index is 2.62. The fourth-order valence-corrected chi connectivity index (χ4v) is 2.07. The molecule has 0 aromatic carbocycles. The van der Waals surface area contributed by atoms with Gasteiger partial charge in [0, 0.05) is 6.54 Å². The van der Waals surface area contributed by atoms with E-state index in [1.54, 1.807) is 6.07 Å². The van der Waals surface area contributed by atoms with E-state index in [1.165, 1.54) is 12.3 Å². The maximum Gasteiger partial charge on any atom is 0.299 e. The maximum atomic E-state index is 11.5. The Morgan fingerprint density at radius 3 is 2.62 bits per heavy atom. The standard InChI is InChI=1S/C9H14ClN3O2S/c1-7(2)5-12-16(14,15)13-8-3-4-9(10)11-6-8/h3-4,6-7,12-13H,5H2,1-2H3. The van der Waals surface area contributed by atoms with Gasteiger partial charge in [-0.05, 0) is 18.1 Å². The predicted octanol–water partition coefficient (Wildman–Crippen LogP) is 1.64. The van der Waals surface area contributed by atoms with Crippen LogP contribution in [0.3, 0.4) is 0 Å². The molecule has 0 saturated heterocycles. The molecule has 0 spiro atoms. The maximum absolute atomic E-state index is 11.5. The molecule has 0 aliphatic carbocycles. The SMILES string of the molecule is CC(C)CNS(=O)(=O)Nc1ccc(Cl)nc1. The summed E-state index contributed by atoms with van der Waals surface area (Å²) in [6, 6.07) is 3.06. The van der Waals surface area contributed by atoms with Crippen molar-refractivity contribution >= 4 is 27.5 Å². The number of pyridine rings is 1. The van der Waals surface area contributed by atoms with Gasteiger partial charge in [-0.3, -0.25) is 4.72 Å². The zero-order chi connectivity index (χ0) is 12.2. The highest BCUT2D eigenvalue weighted by Gasteiger charge is 2.09. The molecule has 1 rings (SSSR count). The number of anilines is 1. The highest BCUT2D eigenvalue weighted by atomic mass is 35.5. The Morgan fingerprint density at radius 2 is 2.12 bits per heavy atom. The van der Waals surface area contributed by atoms with E-state index < -0.39 is 10.2 Å². The number of nitrogens with zero attached hydrogens (tertiary/aromatic N) is 1. The second-order valence-corrected chi connectivity index (χ2v) is 5.60.